The van der Waals surface area contributed by atoms with Gasteiger partial charge in [0.15, 0.2) is 23.3 Å². The highest BCUT2D eigenvalue weighted by molar-refractivity contribution is 5.91. The first-order valence-electron chi connectivity index (χ1n) is 7.71. The van der Waals surface area contributed by atoms with Crippen molar-refractivity contribution in [1.82, 2.24) is 0 Å². The number of benzene rings is 2. The quantitative estimate of drug-likeness (QED) is 0.580. The molecule has 11 heteroatoms. The summed E-state index contributed by atoms with van der Waals surface area (Å²) in [5.74, 6) is -10.9. The van der Waals surface area contributed by atoms with Gasteiger partial charge in [0.05, 0.1) is 0 Å². The van der Waals surface area contributed by atoms with Gasteiger partial charge in [0.1, 0.15) is 11.3 Å². The Balaban J connectivity index is 0.00000132. The summed E-state index contributed by atoms with van der Waals surface area (Å²) in [6.45, 7) is 1.84. The van der Waals surface area contributed by atoms with Crippen LogP contribution in [0.3, 0.4) is 0 Å². The molecule has 0 fully saturated rings. The Hall–Kier alpha value is -3.20. The van der Waals surface area contributed by atoms with Crippen LogP contribution in [0.1, 0.15) is 23.1 Å². The van der Waals surface area contributed by atoms with Crippen molar-refractivity contribution in [2.75, 3.05) is 5.32 Å². The summed E-state index contributed by atoms with van der Waals surface area (Å²) in [4.78, 5) is 28.0. The zero-order valence-electron chi connectivity index (χ0n) is 14.6. The molecule has 0 unspecified atom stereocenters. The Morgan fingerprint density at radius 1 is 0.931 bits per heavy atom. The Labute approximate surface area is 159 Å². The normalized spacial score (nSPS) is 10.6. The van der Waals surface area contributed by atoms with E-state index in [1.807, 2.05) is 6.92 Å². The number of rotatable bonds is 4. The topological polar surface area (TPSA) is 63.2 Å². The fourth-order valence-corrected chi connectivity index (χ4v) is 2.20. The van der Waals surface area contributed by atoms with Crippen LogP contribution < -0.4 is 5.32 Å². The molecule has 1 amide bonds. The second kappa shape index (κ2) is 9.83. The van der Waals surface area contributed by atoms with E-state index in [-0.39, 0.29) is 19.0 Å². The van der Waals surface area contributed by atoms with Crippen molar-refractivity contribution in [3.05, 3.63) is 64.2 Å². The van der Waals surface area contributed by atoms with E-state index >= 15 is 0 Å². The molecule has 0 aliphatic heterocycles. The SMILES string of the molecule is Cc1ccc(CCC(=O)Nc2c(F)c(F)c(C(F)(F)F)c(F)c2F)cc1.O=C=O. The molecule has 4 nitrogen and oxygen atoms in total. The van der Waals surface area contributed by atoms with E-state index in [9.17, 15) is 35.5 Å². The molecule has 1 N–H and O–H groups in total. The molecule has 0 heterocycles. The maximum absolute atomic E-state index is 13.7. The van der Waals surface area contributed by atoms with Crippen molar-refractivity contribution in [2.24, 2.45) is 0 Å². The van der Waals surface area contributed by atoms with Gasteiger partial charge in [-0.2, -0.15) is 22.8 Å². The first kappa shape index (κ1) is 23.8. The average molecular weight is 423 g/mol. The van der Waals surface area contributed by atoms with E-state index in [0.29, 0.717) is 0 Å². The number of carbonyl (C=O) groups is 1. The predicted molar refractivity (Wildman–Crippen MR) is 84.4 cm³/mol. The zero-order valence-corrected chi connectivity index (χ0v) is 14.6. The van der Waals surface area contributed by atoms with E-state index in [2.05, 4.69) is 0 Å². The molecule has 2 aromatic carbocycles. The molecule has 0 saturated heterocycles. The molecule has 0 radical (unpaired) electrons. The standard InChI is InChI=1S/C17H12F7NO.CO2/c1-8-2-4-9(5-3-8)6-7-10(26)25-16-14(20)12(18)11(17(22,23)24)13(19)15(16)21;2-1-3/h2-5H,6-7H2,1H3,(H,25,26);. The van der Waals surface area contributed by atoms with Crippen LogP contribution in [0.15, 0.2) is 24.3 Å². The van der Waals surface area contributed by atoms with Gasteiger partial charge in [0.25, 0.3) is 0 Å². The van der Waals surface area contributed by atoms with Crippen LogP contribution in [0.25, 0.3) is 0 Å². The van der Waals surface area contributed by atoms with Crippen molar-refractivity contribution in [3.8, 4) is 0 Å². The van der Waals surface area contributed by atoms with Crippen LogP contribution in [-0.4, -0.2) is 12.1 Å². The largest absolute Gasteiger partial charge is 0.422 e. The molecule has 156 valence electrons. The highest BCUT2D eigenvalue weighted by Gasteiger charge is 2.42. The summed E-state index contributed by atoms with van der Waals surface area (Å²) in [7, 11) is 0. The maximum Gasteiger partial charge on any atom is 0.422 e. The summed E-state index contributed by atoms with van der Waals surface area (Å²) in [6.07, 6.45) is -5.53. The monoisotopic (exact) mass is 423 g/mol. The van der Waals surface area contributed by atoms with Gasteiger partial charge >= 0.3 is 12.3 Å². The molecule has 0 aliphatic rings. The lowest BCUT2D eigenvalue weighted by atomic mass is 10.1. The molecule has 0 aromatic heterocycles. The van der Waals surface area contributed by atoms with Gasteiger partial charge in [-0.25, -0.2) is 17.6 Å². The number of aryl methyl sites for hydroxylation is 2. The van der Waals surface area contributed by atoms with E-state index in [1.54, 1.807) is 29.6 Å². The van der Waals surface area contributed by atoms with E-state index in [1.165, 1.54) is 0 Å². The third-order valence-corrected chi connectivity index (χ3v) is 3.57. The first-order chi connectivity index (χ1) is 13.4. The minimum absolute atomic E-state index is 0.154. The van der Waals surface area contributed by atoms with E-state index < -0.39 is 46.6 Å². The minimum Gasteiger partial charge on any atom is -0.321 e. The van der Waals surface area contributed by atoms with Crippen LogP contribution in [0.5, 0.6) is 0 Å². The Bertz CT molecular complexity index is 890. The Morgan fingerprint density at radius 2 is 1.38 bits per heavy atom. The predicted octanol–water partition coefficient (Wildman–Crippen LogP) is 4.56. The van der Waals surface area contributed by atoms with Crippen molar-refractivity contribution in [3.63, 3.8) is 0 Å². The lowest BCUT2D eigenvalue weighted by Gasteiger charge is -2.14. The zero-order chi connectivity index (χ0) is 22.4. The van der Waals surface area contributed by atoms with Gasteiger partial charge in [-0.1, -0.05) is 29.8 Å². The van der Waals surface area contributed by atoms with Crippen LogP contribution >= 0.6 is 0 Å². The molecular formula is C18H12F7NO3. The summed E-state index contributed by atoms with van der Waals surface area (Å²) < 4.78 is 91.9. The van der Waals surface area contributed by atoms with Gasteiger partial charge < -0.3 is 5.32 Å². The summed E-state index contributed by atoms with van der Waals surface area (Å²) in [6, 6.07) is 6.96. The fraction of sp³-hybridized carbons (Fsp3) is 0.222. The van der Waals surface area contributed by atoms with Gasteiger partial charge in [0, 0.05) is 6.42 Å². The number of carbonyl (C=O) groups excluding carboxylic acids is 3. The lowest BCUT2D eigenvalue weighted by molar-refractivity contribution is -0.191. The molecule has 2 rings (SSSR count). The average Bonchev–Trinajstić information content (AvgIpc) is 2.63. The van der Waals surface area contributed by atoms with Crippen LogP contribution in [0.2, 0.25) is 0 Å². The molecule has 0 atom stereocenters. The van der Waals surface area contributed by atoms with Crippen molar-refractivity contribution in [2.45, 2.75) is 25.9 Å². The van der Waals surface area contributed by atoms with Gasteiger partial charge in [-0.05, 0) is 18.9 Å². The third-order valence-electron chi connectivity index (χ3n) is 3.57. The molecular weight excluding hydrogens is 411 g/mol. The number of hydrogen-bond acceptors (Lipinski definition) is 3. The number of hydrogen-bond donors (Lipinski definition) is 1. The first-order valence-corrected chi connectivity index (χ1v) is 7.71. The lowest BCUT2D eigenvalue weighted by Crippen LogP contribution is -2.20. The smallest absolute Gasteiger partial charge is 0.321 e. The van der Waals surface area contributed by atoms with Crippen molar-refractivity contribution in [1.29, 1.82) is 0 Å². The number of halogens is 7. The minimum atomic E-state index is -5.64. The second-order valence-electron chi connectivity index (χ2n) is 5.62. The summed E-state index contributed by atoms with van der Waals surface area (Å²) >= 11 is 0. The van der Waals surface area contributed by atoms with Gasteiger partial charge in [-0.3, -0.25) is 4.79 Å². The van der Waals surface area contributed by atoms with E-state index in [0.717, 1.165) is 11.1 Å². The number of amides is 1. The molecule has 0 aliphatic carbocycles. The highest BCUT2D eigenvalue weighted by atomic mass is 19.4. The van der Waals surface area contributed by atoms with Crippen molar-refractivity contribution >= 4 is 17.7 Å². The van der Waals surface area contributed by atoms with E-state index in [4.69, 9.17) is 9.59 Å². The second-order valence-corrected chi connectivity index (χ2v) is 5.62. The molecule has 0 spiro atoms. The third kappa shape index (κ3) is 6.15. The maximum atomic E-state index is 13.7. The molecule has 0 saturated carbocycles. The van der Waals surface area contributed by atoms with Crippen LogP contribution in [-0.2, 0) is 27.0 Å². The van der Waals surface area contributed by atoms with Gasteiger partial charge in [-0.15, -0.1) is 0 Å². The van der Waals surface area contributed by atoms with Crippen LogP contribution in [0.4, 0.5) is 36.4 Å². The van der Waals surface area contributed by atoms with Crippen LogP contribution in [0, 0.1) is 30.2 Å². The Morgan fingerprint density at radius 3 is 1.79 bits per heavy atom. The summed E-state index contributed by atoms with van der Waals surface area (Å²) in [5.41, 5.74) is -2.60. The number of anilines is 1. The van der Waals surface area contributed by atoms with Crippen molar-refractivity contribution < 1.29 is 45.1 Å². The highest BCUT2D eigenvalue weighted by Crippen LogP contribution is 2.38. The molecule has 29 heavy (non-hydrogen) atoms. The number of nitrogens with one attached hydrogen (secondary N) is 1. The number of alkyl halides is 3. The molecule has 2 aromatic rings. The molecule has 0 bridgehead atoms. The Kier molecular flexibility index (Phi) is 8.08. The summed E-state index contributed by atoms with van der Waals surface area (Å²) in [5, 5.41) is 1.58. The van der Waals surface area contributed by atoms with Gasteiger partial charge in [0.2, 0.25) is 5.91 Å². The fourth-order valence-electron chi connectivity index (χ4n) is 2.20.